The number of ketones is 1. The lowest BCUT2D eigenvalue weighted by Crippen LogP contribution is -2.46. The largest absolute Gasteiger partial charge is 0.295 e. The monoisotopic (exact) mass is 286 g/mol. The van der Waals surface area contributed by atoms with Crippen LogP contribution in [-0.4, -0.2) is 5.78 Å². The summed E-state index contributed by atoms with van der Waals surface area (Å²) in [7, 11) is 0. The van der Waals surface area contributed by atoms with E-state index in [1.807, 2.05) is 6.92 Å². The van der Waals surface area contributed by atoms with Crippen molar-refractivity contribution in [2.45, 2.75) is 59.8 Å². The van der Waals surface area contributed by atoms with Gasteiger partial charge in [-0.3, -0.25) is 4.79 Å². The van der Waals surface area contributed by atoms with Gasteiger partial charge in [-0.15, -0.1) is 0 Å². The van der Waals surface area contributed by atoms with E-state index < -0.39 is 0 Å². The van der Waals surface area contributed by atoms with E-state index in [2.05, 4.69) is 33.4 Å². The first-order valence-electron chi connectivity index (χ1n) is 8.77. The highest BCUT2D eigenvalue weighted by Crippen LogP contribution is 2.64. The number of rotatable bonds is 1. The second-order valence-corrected chi connectivity index (χ2v) is 8.22. The van der Waals surface area contributed by atoms with Gasteiger partial charge in [0.15, 0.2) is 5.78 Å². The van der Waals surface area contributed by atoms with Crippen LogP contribution in [0.3, 0.4) is 0 Å². The average molecular weight is 286 g/mol. The fourth-order valence-electron chi connectivity index (χ4n) is 5.77. The second-order valence-electron chi connectivity index (χ2n) is 8.22. The minimum absolute atomic E-state index is 0.180. The molecule has 2 fully saturated rings. The van der Waals surface area contributed by atoms with Crippen LogP contribution in [0, 0.1) is 35.0 Å². The Kier molecular flexibility index (Phi) is 3.66. The normalized spacial score (nSPS) is 43.4. The molecule has 0 bridgehead atoms. The summed E-state index contributed by atoms with van der Waals surface area (Å²) in [6.45, 7) is 13.6. The molecular weight excluding hydrogens is 256 g/mol. The maximum atomic E-state index is 12.5. The number of hydrogen-bond acceptors (Lipinski definition) is 1. The van der Waals surface area contributed by atoms with Crippen LogP contribution in [0.4, 0.5) is 0 Å². The minimum Gasteiger partial charge on any atom is -0.295 e. The molecule has 0 aromatic heterocycles. The molecule has 2 saturated carbocycles. The van der Waals surface area contributed by atoms with Gasteiger partial charge in [0, 0.05) is 6.42 Å². The van der Waals surface area contributed by atoms with Crippen LogP contribution in [-0.2, 0) is 4.79 Å². The Bertz CT molecular complexity index is 498. The fraction of sp³-hybridized carbons (Fsp3) is 0.750. The molecule has 3 aliphatic rings. The number of Topliss-reactive ketones (excluding diaryl/α,β-unsaturated/α-hetero) is 1. The zero-order valence-electron chi connectivity index (χ0n) is 14.1. The molecule has 5 atom stereocenters. The van der Waals surface area contributed by atoms with Crippen LogP contribution in [0.15, 0.2) is 23.8 Å². The van der Waals surface area contributed by atoms with Crippen molar-refractivity contribution in [3.8, 4) is 0 Å². The van der Waals surface area contributed by atoms with Crippen molar-refractivity contribution in [1.29, 1.82) is 0 Å². The highest BCUT2D eigenvalue weighted by atomic mass is 16.1. The Hall–Kier alpha value is -0.850. The third-order valence-electron chi connectivity index (χ3n) is 7.02. The lowest BCUT2D eigenvalue weighted by atomic mass is 9.54. The van der Waals surface area contributed by atoms with Crippen molar-refractivity contribution in [3.05, 3.63) is 23.8 Å². The van der Waals surface area contributed by atoms with E-state index in [4.69, 9.17) is 0 Å². The summed E-state index contributed by atoms with van der Waals surface area (Å²) in [5, 5.41) is 0. The van der Waals surface area contributed by atoms with Gasteiger partial charge >= 0.3 is 0 Å². The SMILES string of the molecule is C=C1CC[C@H](C(C)C)[C@H]2C=C(C)C(=O)C[C@@]23[C@H](C)CC[C@H]13. The lowest BCUT2D eigenvalue weighted by Gasteiger charge is -2.49. The maximum absolute atomic E-state index is 12.5. The van der Waals surface area contributed by atoms with Gasteiger partial charge in [-0.25, -0.2) is 0 Å². The van der Waals surface area contributed by atoms with Crippen molar-refractivity contribution in [3.63, 3.8) is 0 Å². The van der Waals surface area contributed by atoms with Crippen LogP contribution in [0.2, 0.25) is 0 Å². The van der Waals surface area contributed by atoms with E-state index in [1.165, 1.54) is 31.3 Å². The number of carbonyl (C=O) groups excluding carboxylic acids is 1. The third kappa shape index (κ3) is 2.07. The van der Waals surface area contributed by atoms with E-state index in [1.54, 1.807) is 0 Å². The fourth-order valence-corrected chi connectivity index (χ4v) is 5.77. The Labute approximate surface area is 129 Å². The predicted molar refractivity (Wildman–Crippen MR) is 87.9 cm³/mol. The molecule has 0 N–H and O–H groups in total. The standard InChI is InChI=1S/C20H30O/c1-12(2)16-8-6-13(3)17-9-7-15(5)20(17)11-19(21)14(4)10-18(16)20/h10,12,15-18H,3,6-9,11H2,1-2,4-5H3/t15-,16-,17-,18-,20+/m1/s1. The molecule has 0 aromatic rings. The zero-order valence-corrected chi connectivity index (χ0v) is 14.1. The molecule has 0 saturated heterocycles. The average Bonchev–Trinajstić information content (AvgIpc) is 2.66. The van der Waals surface area contributed by atoms with Crippen molar-refractivity contribution in [1.82, 2.24) is 0 Å². The van der Waals surface area contributed by atoms with E-state index in [0.29, 0.717) is 35.4 Å². The zero-order chi connectivity index (χ0) is 15.4. The molecule has 1 nitrogen and oxygen atoms in total. The van der Waals surface area contributed by atoms with E-state index in [9.17, 15) is 4.79 Å². The minimum atomic E-state index is 0.180. The molecule has 0 unspecified atom stereocenters. The topological polar surface area (TPSA) is 17.1 Å². The first kappa shape index (κ1) is 15.1. The molecule has 1 spiro atoms. The van der Waals surface area contributed by atoms with Crippen LogP contribution < -0.4 is 0 Å². The van der Waals surface area contributed by atoms with Gasteiger partial charge in [-0.2, -0.15) is 0 Å². The first-order valence-corrected chi connectivity index (χ1v) is 8.77. The Morgan fingerprint density at radius 3 is 2.67 bits per heavy atom. The lowest BCUT2D eigenvalue weighted by molar-refractivity contribution is -0.122. The summed E-state index contributed by atoms with van der Waals surface area (Å²) in [5.74, 6) is 3.59. The van der Waals surface area contributed by atoms with Crippen molar-refractivity contribution < 1.29 is 4.79 Å². The molecule has 116 valence electrons. The summed E-state index contributed by atoms with van der Waals surface area (Å²) < 4.78 is 0. The molecule has 1 heteroatoms. The van der Waals surface area contributed by atoms with Gasteiger partial charge in [-0.05, 0) is 73.2 Å². The van der Waals surface area contributed by atoms with E-state index in [0.717, 1.165) is 12.0 Å². The first-order chi connectivity index (χ1) is 9.87. The molecule has 0 amide bonds. The molecule has 0 aliphatic heterocycles. The van der Waals surface area contributed by atoms with Crippen LogP contribution in [0.1, 0.15) is 59.8 Å². The van der Waals surface area contributed by atoms with Crippen molar-refractivity contribution in [2.75, 3.05) is 0 Å². The highest BCUT2D eigenvalue weighted by molar-refractivity contribution is 5.96. The van der Waals surface area contributed by atoms with Gasteiger partial charge < -0.3 is 0 Å². The summed E-state index contributed by atoms with van der Waals surface area (Å²) >= 11 is 0. The smallest absolute Gasteiger partial charge is 0.158 e. The van der Waals surface area contributed by atoms with Crippen molar-refractivity contribution in [2.24, 2.45) is 35.0 Å². The van der Waals surface area contributed by atoms with Gasteiger partial charge in [0.05, 0.1) is 0 Å². The van der Waals surface area contributed by atoms with Gasteiger partial charge in [0.25, 0.3) is 0 Å². The molecule has 3 rings (SSSR count). The second kappa shape index (κ2) is 5.11. The molecular formula is C20H30O. The number of allylic oxidation sites excluding steroid dienone is 3. The quantitative estimate of drug-likeness (QED) is 0.607. The van der Waals surface area contributed by atoms with Gasteiger partial charge in [0.2, 0.25) is 0 Å². The summed E-state index contributed by atoms with van der Waals surface area (Å²) in [4.78, 5) is 12.5. The predicted octanol–water partition coefficient (Wildman–Crippen LogP) is 5.18. The van der Waals surface area contributed by atoms with Gasteiger partial charge in [0.1, 0.15) is 0 Å². The molecule has 0 heterocycles. The Balaban J connectivity index is 2.16. The summed E-state index contributed by atoms with van der Waals surface area (Å²) in [6.07, 6.45) is 8.08. The van der Waals surface area contributed by atoms with Gasteiger partial charge in [-0.1, -0.05) is 39.0 Å². The van der Waals surface area contributed by atoms with E-state index in [-0.39, 0.29) is 5.41 Å². The molecule has 21 heavy (non-hydrogen) atoms. The number of hydrogen-bond donors (Lipinski definition) is 0. The van der Waals surface area contributed by atoms with Crippen molar-refractivity contribution >= 4 is 5.78 Å². The maximum Gasteiger partial charge on any atom is 0.158 e. The molecule has 0 aromatic carbocycles. The third-order valence-corrected chi connectivity index (χ3v) is 7.02. The van der Waals surface area contributed by atoms with Crippen LogP contribution in [0.5, 0.6) is 0 Å². The molecule has 0 radical (unpaired) electrons. The molecule has 3 aliphatic carbocycles. The Morgan fingerprint density at radius 2 is 2.00 bits per heavy atom. The van der Waals surface area contributed by atoms with Crippen LogP contribution >= 0.6 is 0 Å². The summed E-state index contributed by atoms with van der Waals surface area (Å²) in [5.41, 5.74) is 2.63. The van der Waals surface area contributed by atoms with E-state index >= 15 is 0 Å². The Morgan fingerprint density at radius 1 is 1.29 bits per heavy atom. The summed E-state index contributed by atoms with van der Waals surface area (Å²) in [6, 6.07) is 0. The van der Waals surface area contributed by atoms with Crippen LogP contribution in [0.25, 0.3) is 0 Å². The highest BCUT2D eigenvalue weighted by Gasteiger charge is 2.58. The number of carbonyl (C=O) groups is 1.